The normalized spacial score (nSPS) is 23.2. The van der Waals surface area contributed by atoms with Gasteiger partial charge in [0.15, 0.2) is 0 Å². The molecule has 2 unspecified atom stereocenters. The summed E-state index contributed by atoms with van der Waals surface area (Å²) >= 11 is 0. The smallest absolute Gasteiger partial charge is 0.124 e. The van der Waals surface area contributed by atoms with Crippen molar-refractivity contribution in [2.45, 2.75) is 51.7 Å². The highest BCUT2D eigenvalue weighted by Crippen LogP contribution is 2.25. The molecule has 1 aromatic carbocycles. The number of nitrogens with zero attached hydrogens (tertiary/aromatic N) is 1. The van der Waals surface area contributed by atoms with E-state index in [0.717, 1.165) is 12.1 Å². The molecule has 0 aromatic heterocycles. The van der Waals surface area contributed by atoms with E-state index < -0.39 is 0 Å². The Morgan fingerprint density at radius 2 is 1.95 bits per heavy atom. The van der Waals surface area contributed by atoms with E-state index in [9.17, 15) is 4.39 Å². The Kier molecular flexibility index (Phi) is 5.17. The third-order valence-electron chi connectivity index (χ3n) is 4.03. The lowest BCUT2D eigenvalue weighted by atomic mass is 9.96. The molecule has 0 saturated carbocycles. The third-order valence-corrected chi connectivity index (χ3v) is 4.03. The highest BCUT2D eigenvalue weighted by molar-refractivity contribution is 5.38. The van der Waals surface area contributed by atoms with Gasteiger partial charge in [0.1, 0.15) is 5.82 Å². The Morgan fingerprint density at radius 1 is 1.25 bits per heavy atom. The third kappa shape index (κ3) is 3.82. The number of nitrogens with two attached hydrogens (primary N) is 1. The van der Waals surface area contributed by atoms with E-state index in [1.807, 2.05) is 6.07 Å². The molecule has 1 aliphatic heterocycles. The molecule has 1 saturated heterocycles. The second kappa shape index (κ2) is 6.88. The summed E-state index contributed by atoms with van der Waals surface area (Å²) in [5, 5.41) is 0. The van der Waals surface area contributed by atoms with Gasteiger partial charge in [-0.1, -0.05) is 18.3 Å². The van der Waals surface area contributed by atoms with Gasteiger partial charge < -0.3 is 5.73 Å². The maximum atomic E-state index is 13.7. The summed E-state index contributed by atoms with van der Waals surface area (Å²) in [5.74, 6) is 5.47. The number of rotatable bonds is 2. The molecule has 0 spiro atoms. The summed E-state index contributed by atoms with van der Waals surface area (Å²) in [6, 6.07) is 6.16. The molecule has 2 nitrogen and oxygen atoms in total. The lowest BCUT2D eigenvalue weighted by Gasteiger charge is -2.39. The quantitative estimate of drug-likeness (QED) is 0.840. The van der Waals surface area contributed by atoms with Crippen molar-refractivity contribution in [1.29, 1.82) is 0 Å². The van der Waals surface area contributed by atoms with E-state index in [1.54, 1.807) is 6.07 Å². The van der Waals surface area contributed by atoms with E-state index in [0.29, 0.717) is 24.2 Å². The van der Waals surface area contributed by atoms with Crippen molar-refractivity contribution in [3.05, 3.63) is 35.1 Å². The maximum Gasteiger partial charge on any atom is 0.124 e. The van der Waals surface area contributed by atoms with E-state index in [-0.39, 0.29) is 5.82 Å². The Labute approximate surface area is 121 Å². The molecule has 0 radical (unpaired) electrons. The summed E-state index contributed by atoms with van der Waals surface area (Å²) < 4.78 is 13.7. The molecule has 2 atom stereocenters. The summed E-state index contributed by atoms with van der Waals surface area (Å²) in [4.78, 5) is 2.46. The predicted octanol–water partition coefficient (Wildman–Crippen LogP) is 2.90. The number of halogens is 1. The van der Waals surface area contributed by atoms with E-state index in [4.69, 9.17) is 5.73 Å². The molecule has 2 rings (SSSR count). The first-order valence-corrected chi connectivity index (χ1v) is 7.34. The van der Waals surface area contributed by atoms with Crippen LogP contribution in [-0.2, 0) is 6.54 Å². The minimum atomic E-state index is -0.221. The van der Waals surface area contributed by atoms with Crippen LogP contribution in [0.5, 0.6) is 0 Å². The molecule has 1 heterocycles. The SMILES string of the molecule is CC1CCCC(C)N1Cc1cc(F)cc(C#CCN)c1. The predicted molar refractivity (Wildman–Crippen MR) is 80.7 cm³/mol. The average molecular weight is 274 g/mol. The highest BCUT2D eigenvalue weighted by atomic mass is 19.1. The summed E-state index contributed by atoms with van der Waals surface area (Å²) in [6.07, 6.45) is 3.73. The molecule has 1 aliphatic rings. The van der Waals surface area contributed by atoms with Gasteiger partial charge in [0.25, 0.3) is 0 Å². The second-order valence-corrected chi connectivity index (χ2v) is 5.66. The van der Waals surface area contributed by atoms with Gasteiger partial charge in [-0.25, -0.2) is 4.39 Å². The van der Waals surface area contributed by atoms with Crippen LogP contribution >= 0.6 is 0 Å². The molecule has 2 N–H and O–H groups in total. The van der Waals surface area contributed by atoms with Crippen molar-refractivity contribution in [3.63, 3.8) is 0 Å². The fourth-order valence-electron chi connectivity index (χ4n) is 2.96. The molecule has 0 amide bonds. The lowest BCUT2D eigenvalue weighted by molar-refractivity contribution is 0.0951. The van der Waals surface area contributed by atoms with Crippen LogP contribution in [0.1, 0.15) is 44.2 Å². The van der Waals surface area contributed by atoms with Crippen LogP contribution in [0.3, 0.4) is 0 Å². The first-order chi connectivity index (χ1) is 9.60. The zero-order valence-electron chi connectivity index (χ0n) is 12.3. The van der Waals surface area contributed by atoms with Crippen LogP contribution in [0, 0.1) is 17.7 Å². The van der Waals surface area contributed by atoms with Gasteiger partial charge >= 0.3 is 0 Å². The minimum absolute atomic E-state index is 0.221. The van der Waals surface area contributed by atoms with Gasteiger partial charge in [-0.15, -0.1) is 0 Å². The molecule has 1 aromatic rings. The molecular weight excluding hydrogens is 251 g/mol. The van der Waals surface area contributed by atoms with Gasteiger partial charge in [0, 0.05) is 24.2 Å². The Bertz CT molecular complexity index is 505. The van der Waals surface area contributed by atoms with Crippen molar-refractivity contribution in [1.82, 2.24) is 4.90 Å². The van der Waals surface area contributed by atoms with Crippen molar-refractivity contribution in [3.8, 4) is 11.8 Å². The van der Waals surface area contributed by atoms with Crippen LogP contribution in [0.15, 0.2) is 18.2 Å². The first kappa shape index (κ1) is 15.0. The maximum absolute atomic E-state index is 13.7. The first-order valence-electron chi connectivity index (χ1n) is 7.34. The summed E-state index contributed by atoms with van der Waals surface area (Å²) in [5.41, 5.74) is 7.07. The Morgan fingerprint density at radius 3 is 2.60 bits per heavy atom. The second-order valence-electron chi connectivity index (χ2n) is 5.66. The number of hydrogen-bond donors (Lipinski definition) is 1. The van der Waals surface area contributed by atoms with E-state index >= 15 is 0 Å². The molecule has 108 valence electrons. The highest BCUT2D eigenvalue weighted by Gasteiger charge is 2.24. The van der Waals surface area contributed by atoms with Gasteiger partial charge in [-0.2, -0.15) is 0 Å². The van der Waals surface area contributed by atoms with Crippen LogP contribution in [0.25, 0.3) is 0 Å². The standard InChI is InChI=1S/C17H23FN2/c1-13-5-3-6-14(2)20(13)12-16-9-15(7-4-8-19)10-17(18)11-16/h9-11,13-14H,3,5-6,8,12,19H2,1-2H3. The van der Waals surface area contributed by atoms with E-state index in [1.165, 1.54) is 25.3 Å². The van der Waals surface area contributed by atoms with Crippen LogP contribution < -0.4 is 5.73 Å². The zero-order chi connectivity index (χ0) is 14.5. The monoisotopic (exact) mass is 274 g/mol. The molecule has 0 bridgehead atoms. The van der Waals surface area contributed by atoms with Gasteiger partial charge in [-0.05, 0) is 50.5 Å². The fourth-order valence-corrected chi connectivity index (χ4v) is 2.96. The largest absolute Gasteiger partial charge is 0.320 e. The van der Waals surface area contributed by atoms with Crippen LogP contribution in [0.4, 0.5) is 4.39 Å². The topological polar surface area (TPSA) is 29.3 Å². The zero-order valence-corrected chi connectivity index (χ0v) is 12.3. The fraction of sp³-hybridized carbons (Fsp3) is 0.529. The number of hydrogen-bond acceptors (Lipinski definition) is 2. The lowest BCUT2D eigenvalue weighted by Crippen LogP contribution is -2.42. The Balaban J connectivity index is 2.17. The number of piperidine rings is 1. The molecule has 20 heavy (non-hydrogen) atoms. The van der Waals surface area contributed by atoms with Crippen LogP contribution in [0.2, 0.25) is 0 Å². The van der Waals surface area contributed by atoms with E-state index in [2.05, 4.69) is 30.6 Å². The molecule has 1 fully saturated rings. The van der Waals surface area contributed by atoms with Crippen molar-refractivity contribution in [2.75, 3.05) is 6.54 Å². The molecular formula is C17H23FN2. The van der Waals surface area contributed by atoms with Crippen molar-refractivity contribution in [2.24, 2.45) is 5.73 Å². The van der Waals surface area contributed by atoms with Gasteiger partial charge in [0.05, 0.1) is 6.54 Å². The van der Waals surface area contributed by atoms with Crippen molar-refractivity contribution < 1.29 is 4.39 Å². The average Bonchev–Trinajstić information content (AvgIpc) is 2.40. The summed E-state index contributed by atoms with van der Waals surface area (Å²) in [6.45, 7) is 5.59. The minimum Gasteiger partial charge on any atom is -0.320 e. The summed E-state index contributed by atoms with van der Waals surface area (Å²) in [7, 11) is 0. The van der Waals surface area contributed by atoms with Gasteiger partial charge in [0.2, 0.25) is 0 Å². The Hall–Kier alpha value is -1.37. The molecule has 0 aliphatic carbocycles. The number of benzene rings is 1. The van der Waals surface area contributed by atoms with Crippen LogP contribution in [-0.4, -0.2) is 23.5 Å². The number of likely N-dealkylation sites (tertiary alicyclic amines) is 1. The van der Waals surface area contributed by atoms with Gasteiger partial charge in [-0.3, -0.25) is 4.90 Å². The molecule has 3 heteroatoms. The van der Waals surface area contributed by atoms with Crippen molar-refractivity contribution >= 4 is 0 Å².